The number of anilines is 2. The predicted molar refractivity (Wildman–Crippen MR) is 132 cm³/mol. The van der Waals surface area contributed by atoms with Gasteiger partial charge in [0.15, 0.2) is 11.5 Å². The summed E-state index contributed by atoms with van der Waals surface area (Å²) in [5.41, 5.74) is 8.09. The Hall–Kier alpha value is -4.66. The maximum Gasteiger partial charge on any atom is 0.260 e. The molecule has 4 aromatic rings. The van der Waals surface area contributed by atoms with Gasteiger partial charge < -0.3 is 34.4 Å². The quantitative estimate of drug-likeness (QED) is 0.370. The third-order valence-corrected chi connectivity index (χ3v) is 5.63. The van der Waals surface area contributed by atoms with Gasteiger partial charge in [-0.05, 0) is 42.5 Å². The van der Waals surface area contributed by atoms with Gasteiger partial charge in [-0.2, -0.15) is 0 Å². The minimum atomic E-state index is -0.485. The summed E-state index contributed by atoms with van der Waals surface area (Å²) in [6, 6.07) is 15.1. The zero-order valence-electron chi connectivity index (χ0n) is 19.7. The van der Waals surface area contributed by atoms with E-state index in [0.717, 1.165) is 0 Å². The first-order chi connectivity index (χ1) is 16.9. The van der Waals surface area contributed by atoms with Crippen LogP contribution in [0.4, 0.5) is 11.4 Å². The number of nitrogen functional groups attached to an aromatic ring is 1. The van der Waals surface area contributed by atoms with Gasteiger partial charge in [0.25, 0.3) is 5.91 Å². The van der Waals surface area contributed by atoms with Gasteiger partial charge in [0, 0.05) is 17.8 Å². The number of nitrogens with zero attached hydrogens (tertiary/aromatic N) is 1. The molecule has 0 aliphatic carbocycles. The van der Waals surface area contributed by atoms with E-state index < -0.39 is 5.91 Å². The molecule has 0 saturated heterocycles. The smallest absolute Gasteiger partial charge is 0.260 e. The first kappa shape index (κ1) is 23.5. The van der Waals surface area contributed by atoms with Crippen molar-refractivity contribution >= 4 is 28.6 Å². The number of benzene rings is 2. The number of nitrogens with one attached hydrogen (secondary N) is 1. The molecular weight excluding hydrogens is 450 g/mol. The number of methoxy groups -OCH3 is 4. The minimum absolute atomic E-state index is 0.0564. The molecule has 0 atom stereocenters. The summed E-state index contributed by atoms with van der Waals surface area (Å²) in [6.45, 7) is 0. The Kier molecular flexibility index (Phi) is 6.50. The lowest BCUT2D eigenvalue weighted by molar-refractivity contribution is 0.102. The van der Waals surface area contributed by atoms with E-state index in [0.29, 0.717) is 39.8 Å². The number of nitrogens with two attached hydrogens (primary N) is 1. The number of aromatic nitrogens is 1. The number of carbonyl (C=O) groups excluding carboxylic acids is 2. The molecule has 0 aliphatic heterocycles. The number of ketones is 1. The molecule has 2 aromatic heterocycles. The highest BCUT2D eigenvalue weighted by Crippen LogP contribution is 2.34. The van der Waals surface area contributed by atoms with Crippen LogP contribution in [0.1, 0.15) is 26.4 Å². The molecule has 0 bridgehead atoms. The van der Waals surface area contributed by atoms with Crippen LogP contribution in [0.3, 0.4) is 0 Å². The molecule has 1 amide bonds. The van der Waals surface area contributed by atoms with E-state index in [9.17, 15) is 9.59 Å². The van der Waals surface area contributed by atoms with Gasteiger partial charge in [-0.25, -0.2) is 0 Å². The molecule has 2 aromatic carbocycles. The molecular formula is C26H25N3O6. The van der Waals surface area contributed by atoms with Crippen LogP contribution in [0.15, 0.2) is 60.8 Å². The highest BCUT2D eigenvalue weighted by molar-refractivity contribution is 6.20. The summed E-state index contributed by atoms with van der Waals surface area (Å²) < 4.78 is 22.8. The Morgan fingerprint density at radius 1 is 0.829 bits per heavy atom. The van der Waals surface area contributed by atoms with Crippen molar-refractivity contribution in [3.05, 3.63) is 77.6 Å². The molecule has 0 unspecified atom stereocenters. The fourth-order valence-corrected chi connectivity index (χ4v) is 3.90. The number of pyridine rings is 1. The van der Waals surface area contributed by atoms with Crippen molar-refractivity contribution in [2.75, 3.05) is 39.5 Å². The van der Waals surface area contributed by atoms with E-state index in [2.05, 4.69) is 5.32 Å². The predicted octanol–water partition coefficient (Wildman–Crippen LogP) is 4.04. The van der Waals surface area contributed by atoms with Crippen LogP contribution < -0.4 is 30.0 Å². The average Bonchev–Trinajstić information content (AvgIpc) is 3.19. The summed E-state index contributed by atoms with van der Waals surface area (Å²) in [5.74, 6) is 1.04. The lowest BCUT2D eigenvalue weighted by atomic mass is 10.1. The van der Waals surface area contributed by atoms with E-state index in [1.807, 2.05) is 0 Å². The molecule has 0 radical (unpaired) electrons. The molecule has 2 heterocycles. The van der Waals surface area contributed by atoms with E-state index in [4.69, 9.17) is 24.7 Å². The number of amides is 1. The van der Waals surface area contributed by atoms with E-state index in [1.54, 1.807) is 65.2 Å². The van der Waals surface area contributed by atoms with Crippen molar-refractivity contribution in [3.8, 4) is 23.0 Å². The molecule has 9 nitrogen and oxygen atoms in total. The van der Waals surface area contributed by atoms with Gasteiger partial charge in [-0.15, -0.1) is 0 Å². The molecule has 0 spiro atoms. The van der Waals surface area contributed by atoms with Gasteiger partial charge in [0.2, 0.25) is 5.78 Å². The Balaban J connectivity index is 1.79. The number of carbonyl (C=O) groups is 2. The molecule has 3 N–H and O–H groups in total. The van der Waals surface area contributed by atoms with Crippen LogP contribution in [0.2, 0.25) is 0 Å². The third-order valence-electron chi connectivity index (χ3n) is 5.63. The van der Waals surface area contributed by atoms with Crippen molar-refractivity contribution in [1.82, 2.24) is 4.40 Å². The first-order valence-electron chi connectivity index (χ1n) is 10.6. The first-order valence-corrected chi connectivity index (χ1v) is 10.6. The topological polar surface area (TPSA) is 114 Å². The standard InChI is InChI=1S/C26H25N3O6/c1-32-16-9-10-17(20(14-16)34-3)28-26(31)22-18-7-5-6-12-29(18)24(23(22)27)25(30)15-8-11-19(33-2)21(13-15)35-4/h5-14H,27H2,1-4H3,(H,28,31). The lowest BCUT2D eigenvalue weighted by Crippen LogP contribution is -2.14. The molecule has 180 valence electrons. The van der Waals surface area contributed by atoms with Crippen LogP contribution >= 0.6 is 0 Å². The fraction of sp³-hybridized carbons (Fsp3) is 0.154. The maximum absolute atomic E-state index is 13.6. The molecule has 4 rings (SSSR count). The monoisotopic (exact) mass is 475 g/mol. The fourth-order valence-electron chi connectivity index (χ4n) is 3.90. The molecule has 0 aliphatic rings. The van der Waals surface area contributed by atoms with Crippen LogP contribution in [-0.4, -0.2) is 44.5 Å². The Labute approximate surface area is 202 Å². The van der Waals surface area contributed by atoms with Crippen molar-refractivity contribution in [2.45, 2.75) is 0 Å². The second-order valence-electron chi connectivity index (χ2n) is 7.51. The molecule has 0 fully saturated rings. The van der Waals surface area contributed by atoms with Crippen molar-refractivity contribution in [3.63, 3.8) is 0 Å². The highest BCUT2D eigenvalue weighted by Gasteiger charge is 2.27. The minimum Gasteiger partial charge on any atom is -0.497 e. The van der Waals surface area contributed by atoms with Crippen LogP contribution in [0.25, 0.3) is 5.52 Å². The zero-order valence-corrected chi connectivity index (χ0v) is 19.7. The Bertz CT molecular complexity index is 1430. The maximum atomic E-state index is 13.6. The normalized spacial score (nSPS) is 10.6. The Morgan fingerprint density at radius 3 is 2.26 bits per heavy atom. The van der Waals surface area contributed by atoms with E-state index in [-0.39, 0.29) is 22.7 Å². The summed E-state index contributed by atoms with van der Waals surface area (Å²) in [7, 11) is 6.04. The van der Waals surface area contributed by atoms with Crippen molar-refractivity contribution in [2.24, 2.45) is 0 Å². The van der Waals surface area contributed by atoms with Crippen molar-refractivity contribution < 1.29 is 28.5 Å². The number of ether oxygens (including phenoxy) is 4. The Morgan fingerprint density at radius 2 is 1.57 bits per heavy atom. The van der Waals surface area contributed by atoms with E-state index in [1.165, 1.54) is 28.4 Å². The number of hydrogen-bond acceptors (Lipinski definition) is 7. The van der Waals surface area contributed by atoms with Gasteiger partial charge in [0.1, 0.15) is 17.2 Å². The van der Waals surface area contributed by atoms with Crippen LogP contribution in [0.5, 0.6) is 23.0 Å². The second kappa shape index (κ2) is 9.68. The van der Waals surface area contributed by atoms with Crippen molar-refractivity contribution in [1.29, 1.82) is 0 Å². The third kappa shape index (κ3) is 4.19. The summed E-state index contributed by atoms with van der Waals surface area (Å²) in [6.07, 6.45) is 1.68. The van der Waals surface area contributed by atoms with Gasteiger partial charge >= 0.3 is 0 Å². The van der Waals surface area contributed by atoms with Crippen LogP contribution in [0, 0.1) is 0 Å². The highest BCUT2D eigenvalue weighted by atomic mass is 16.5. The number of rotatable bonds is 8. The SMILES string of the molecule is COc1ccc(NC(=O)c2c(N)c(C(=O)c3ccc(OC)c(OC)c3)n3ccccc23)c(OC)c1. The largest absolute Gasteiger partial charge is 0.497 e. The van der Waals surface area contributed by atoms with E-state index >= 15 is 0 Å². The van der Waals surface area contributed by atoms with Gasteiger partial charge in [0.05, 0.1) is 50.9 Å². The summed E-state index contributed by atoms with van der Waals surface area (Å²) in [4.78, 5) is 26.9. The molecule has 9 heteroatoms. The summed E-state index contributed by atoms with van der Waals surface area (Å²) >= 11 is 0. The summed E-state index contributed by atoms with van der Waals surface area (Å²) in [5, 5.41) is 2.83. The molecule has 35 heavy (non-hydrogen) atoms. The van der Waals surface area contributed by atoms with Crippen LogP contribution in [-0.2, 0) is 0 Å². The zero-order chi connectivity index (χ0) is 25.1. The second-order valence-corrected chi connectivity index (χ2v) is 7.51. The molecule has 0 saturated carbocycles. The van der Waals surface area contributed by atoms with Gasteiger partial charge in [-0.3, -0.25) is 9.59 Å². The number of fused-ring (bicyclic) bond motifs is 1. The number of hydrogen-bond donors (Lipinski definition) is 2. The lowest BCUT2D eigenvalue weighted by Gasteiger charge is -2.12. The average molecular weight is 476 g/mol. The van der Waals surface area contributed by atoms with Gasteiger partial charge in [-0.1, -0.05) is 6.07 Å².